The summed E-state index contributed by atoms with van der Waals surface area (Å²) >= 11 is 0. The van der Waals surface area contributed by atoms with Gasteiger partial charge in [-0.1, -0.05) is 48.5 Å². The van der Waals surface area contributed by atoms with Gasteiger partial charge in [-0.25, -0.2) is 0 Å². The Balaban J connectivity index is 1.74. The van der Waals surface area contributed by atoms with Crippen molar-refractivity contribution in [1.82, 2.24) is 0 Å². The summed E-state index contributed by atoms with van der Waals surface area (Å²) in [6, 6.07) is 29.1. The number of hydrogen-bond acceptors (Lipinski definition) is 10. The maximum atomic E-state index is 12.0. The van der Waals surface area contributed by atoms with Gasteiger partial charge in [-0.3, -0.25) is 50.3 Å². The number of nitro benzene ring substituents is 4. The first-order valence-electron chi connectivity index (χ1n) is 12.8. The first kappa shape index (κ1) is 28.8. The SMILES string of the molecule is O=[N+]([O-])c1ccccc1N(c1ccc(N(c2ccccc2[N+](=O)[O-])c2ccccc2[N+](=O)[O-])cc1)c1ccccc1[N+](=O)[O-]. The van der Waals surface area contributed by atoms with Crippen LogP contribution in [0.2, 0.25) is 0 Å². The zero-order valence-corrected chi connectivity index (χ0v) is 22.5. The van der Waals surface area contributed by atoms with Crippen LogP contribution in [0.15, 0.2) is 121 Å². The molecule has 0 aromatic heterocycles. The molecule has 0 spiro atoms. The van der Waals surface area contributed by atoms with E-state index in [-0.39, 0.29) is 56.9 Å². The van der Waals surface area contributed by atoms with Gasteiger partial charge in [0, 0.05) is 35.6 Å². The molecule has 0 saturated carbocycles. The molecule has 5 rings (SSSR count). The highest BCUT2D eigenvalue weighted by Gasteiger charge is 2.30. The zero-order chi connectivity index (χ0) is 31.4. The van der Waals surface area contributed by atoms with Gasteiger partial charge in [-0.2, -0.15) is 0 Å². The second-order valence-corrected chi connectivity index (χ2v) is 9.17. The fraction of sp³-hybridized carbons (Fsp3) is 0. The van der Waals surface area contributed by atoms with Crippen LogP contribution < -0.4 is 9.80 Å². The van der Waals surface area contributed by atoms with Crippen molar-refractivity contribution in [2.24, 2.45) is 0 Å². The number of nitrogens with zero attached hydrogens (tertiary/aromatic N) is 6. The topological polar surface area (TPSA) is 179 Å². The number of hydrogen-bond donors (Lipinski definition) is 0. The van der Waals surface area contributed by atoms with Crippen LogP contribution >= 0.6 is 0 Å². The molecule has 0 unspecified atom stereocenters. The van der Waals surface area contributed by atoms with Crippen molar-refractivity contribution in [3.05, 3.63) is 162 Å². The first-order chi connectivity index (χ1) is 21.2. The molecule has 14 nitrogen and oxygen atoms in total. The van der Waals surface area contributed by atoms with E-state index in [9.17, 15) is 40.5 Å². The van der Waals surface area contributed by atoms with Crippen LogP contribution in [0.5, 0.6) is 0 Å². The van der Waals surface area contributed by atoms with Crippen LogP contribution in [0, 0.1) is 40.5 Å². The lowest BCUT2D eigenvalue weighted by Gasteiger charge is -2.27. The van der Waals surface area contributed by atoms with E-state index in [1.165, 1.54) is 107 Å². The van der Waals surface area contributed by atoms with Gasteiger partial charge in [0.2, 0.25) is 0 Å². The number of rotatable bonds is 10. The van der Waals surface area contributed by atoms with Crippen molar-refractivity contribution in [2.75, 3.05) is 9.80 Å². The molecule has 0 amide bonds. The summed E-state index contributed by atoms with van der Waals surface area (Å²) in [5, 5.41) is 47.9. The summed E-state index contributed by atoms with van der Waals surface area (Å²) in [6.45, 7) is 0. The van der Waals surface area contributed by atoms with Gasteiger partial charge < -0.3 is 0 Å². The standard InChI is InChI=1S/C30H20N6O8/c37-33(38)27-13-5-1-9-23(27)31(24-10-2-6-14-28(24)34(39)40)21-17-19-22(20-18-21)32(25-11-3-7-15-29(25)35(41)42)26-12-4-8-16-30(26)36(43)44/h1-20H. The molecule has 0 aliphatic carbocycles. The van der Waals surface area contributed by atoms with E-state index in [4.69, 9.17) is 0 Å². The Labute approximate surface area is 248 Å². The molecule has 0 heterocycles. The Hall–Kier alpha value is -6.70. The fourth-order valence-corrected chi connectivity index (χ4v) is 4.80. The van der Waals surface area contributed by atoms with Gasteiger partial charge in [0.1, 0.15) is 22.7 Å². The molecule has 0 atom stereocenters. The highest BCUT2D eigenvalue weighted by molar-refractivity contribution is 5.89. The summed E-state index contributed by atoms with van der Waals surface area (Å²) in [5.74, 6) is 0. The molecule has 0 aliphatic heterocycles. The molecule has 0 fully saturated rings. The quantitative estimate of drug-likeness (QED) is 0.113. The molecule has 0 bridgehead atoms. The van der Waals surface area contributed by atoms with Crippen molar-refractivity contribution in [2.45, 2.75) is 0 Å². The normalized spacial score (nSPS) is 10.5. The van der Waals surface area contributed by atoms with Gasteiger partial charge >= 0.3 is 0 Å². The smallest absolute Gasteiger partial charge is 0.293 e. The number of para-hydroxylation sites is 8. The number of nitro groups is 4. The van der Waals surface area contributed by atoms with Gasteiger partial charge in [-0.15, -0.1) is 0 Å². The summed E-state index contributed by atoms with van der Waals surface area (Å²) in [7, 11) is 0. The van der Waals surface area contributed by atoms with Crippen LogP contribution in [-0.4, -0.2) is 19.7 Å². The van der Waals surface area contributed by atoms with Crippen molar-refractivity contribution in [3.8, 4) is 0 Å². The molecule has 0 aliphatic rings. The molecule has 14 heteroatoms. The van der Waals surface area contributed by atoms with E-state index in [2.05, 4.69) is 0 Å². The van der Waals surface area contributed by atoms with Crippen LogP contribution in [0.3, 0.4) is 0 Å². The summed E-state index contributed by atoms with van der Waals surface area (Å²) in [4.78, 5) is 48.2. The second kappa shape index (κ2) is 12.0. The average molecular weight is 593 g/mol. The van der Waals surface area contributed by atoms with E-state index < -0.39 is 19.7 Å². The lowest BCUT2D eigenvalue weighted by atomic mass is 10.1. The molecule has 5 aromatic carbocycles. The molecular weight excluding hydrogens is 572 g/mol. The van der Waals surface area contributed by atoms with E-state index in [1.807, 2.05) is 0 Å². The minimum Gasteiger partial charge on any atom is -0.298 e. The Morgan fingerprint density at radius 2 is 0.545 bits per heavy atom. The van der Waals surface area contributed by atoms with Crippen LogP contribution in [0.1, 0.15) is 0 Å². The van der Waals surface area contributed by atoms with Crippen LogP contribution in [0.4, 0.5) is 56.9 Å². The fourth-order valence-electron chi connectivity index (χ4n) is 4.80. The maximum absolute atomic E-state index is 12.0. The van der Waals surface area contributed by atoms with E-state index >= 15 is 0 Å². The van der Waals surface area contributed by atoms with Gasteiger partial charge in [-0.05, 0) is 48.5 Å². The van der Waals surface area contributed by atoms with E-state index in [0.717, 1.165) is 0 Å². The highest BCUT2D eigenvalue weighted by atomic mass is 16.6. The van der Waals surface area contributed by atoms with Crippen molar-refractivity contribution in [3.63, 3.8) is 0 Å². The predicted octanol–water partition coefficient (Wildman–Crippen LogP) is 8.26. The second-order valence-electron chi connectivity index (χ2n) is 9.17. The number of benzene rings is 5. The third-order valence-corrected chi connectivity index (χ3v) is 6.64. The third-order valence-electron chi connectivity index (χ3n) is 6.64. The monoisotopic (exact) mass is 592 g/mol. The molecule has 5 aromatic rings. The third kappa shape index (κ3) is 5.45. The largest absolute Gasteiger partial charge is 0.298 e. The van der Waals surface area contributed by atoms with E-state index in [1.54, 1.807) is 24.3 Å². The first-order valence-corrected chi connectivity index (χ1v) is 12.8. The molecule has 0 saturated heterocycles. The predicted molar refractivity (Wildman–Crippen MR) is 162 cm³/mol. The Morgan fingerprint density at radius 3 is 0.750 bits per heavy atom. The van der Waals surface area contributed by atoms with E-state index in [0.29, 0.717) is 0 Å². The van der Waals surface area contributed by atoms with Gasteiger partial charge in [0.05, 0.1) is 19.7 Å². The highest BCUT2D eigenvalue weighted by Crippen LogP contribution is 2.46. The zero-order valence-electron chi connectivity index (χ0n) is 22.5. The molecule has 218 valence electrons. The van der Waals surface area contributed by atoms with Crippen LogP contribution in [0.25, 0.3) is 0 Å². The number of anilines is 6. The van der Waals surface area contributed by atoms with Crippen molar-refractivity contribution < 1.29 is 19.7 Å². The Bertz CT molecular complexity index is 1660. The summed E-state index contributed by atoms with van der Waals surface area (Å²) < 4.78 is 0. The maximum Gasteiger partial charge on any atom is 0.293 e. The average Bonchev–Trinajstić information content (AvgIpc) is 3.03. The van der Waals surface area contributed by atoms with Crippen molar-refractivity contribution >= 4 is 56.9 Å². The Morgan fingerprint density at radius 1 is 0.341 bits per heavy atom. The lowest BCUT2D eigenvalue weighted by Crippen LogP contribution is -2.15. The molecule has 44 heavy (non-hydrogen) atoms. The lowest BCUT2D eigenvalue weighted by molar-refractivity contribution is -0.384. The molecule has 0 N–H and O–H groups in total. The Kier molecular flexibility index (Phi) is 7.88. The van der Waals surface area contributed by atoms with Gasteiger partial charge in [0.15, 0.2) is 0 Å². The minimum atomic E-state index is -0.601. The van der Waals surface area contributed by atoms with Gasteiger partial charge in [0.25, 0.3) is 22.7 Å². The minimum absolute atomic E-state index is 0.0498. The van der Waals surface area contributed by atoms with Crippen molar-refractivity contribution in [1.29, 1.82) is 0 Å². The summed E-state index contributed by atoms with van der Waals surface area (Å²) in [5.41, 5.74) is -0.477. The summed E-state index contributed by atoms with van der Waals surface area (Å²) in [6.07, 6.45) is 0. The molecular formula is C30H20N6O8. The molecule has 0 radical (unpaired) electrons. The van der Waals surface area contributed by atoms with Crippen LogP contribution in [-0.2, 0) is 0 Å².